The summed E-state index contributed by atoms with van der Waals surface area (Å²) in [6, 6.07) is 10.8. The van der Waals surface area contributed by atoms with E-state index in [1.165, 1.54) is 0 Å². The number of rotatable bonds is 1. The van der Waals surface area contributed by atoms with Crippen LogP contribution in [0.5, 0.6) is 0 Å². The van der Waals surface area contributed by atoms with E-state index in [2.05, 4.69) is 5.92 Å². The Hall–Kier alpha value is -2.14. The molecule has 0 fully saturated rings. The van der Waals surface area contributed by atoms with Crippen LogP contribution in [-0.4, -0.2) is 0 Å². The first-order valence-electron chi connectivity index (χ1n) is 4.73. The molecule has 0 unspecified atom stereocenters. The van der Waals surface area contributed by atoms with E-state index < -0.39 is 11.6 Å². The Morgan fingerprint density at radius 2 is 1.69 bits per heavy atom. The smallest absolute Gasteiger partial charge is 0.135 e. The zero-order valence-electron chi connectivity index (χ0n) is 8.37. The molecule has 0 heterocycles. The van der Waals surface area contributed by atoms with Crippen molar-refractivity contribution in [2.24, 2.45) is 0 Å². The highest BCUT2D eigenvalue weighted by Gasteiger charge is 2.11. The first-order chi connectivity index (χ1) is 7.72. The summed E-state index contributed by atoms with van der Waals surface area (Å²) in [6.07, 6.45) is 5.24. The first-order valence-corrected chi connectivity index (χ1v) is 4.73. The van der Waals surface area contributed by atoms with Gasteiger partial charge in [-0.2, -0.15) is 0 Å². The molecule has 0 aromatic heterocycles. The predicted molar refractivity (Wildman–Crippen MR) is 59.7 cm³/mol. The van der Waals surface area contributed by atoms with Crippen molar-refractivity contribution in [3.05, 3.63) is 59.7 Å². The lowest BCUT2D eigenvalue weighted by molar-refractivity contribution is 0.585. The Morgan fingerprint density at radius 1 is 1.00 bits per heavy atom. The summed E-state index contributed by atoms with van der Waals surface area (Å²) >= 11 is 0. The molecule has 0 bridgehead atoms. The van der Waals surface area contributed by atoms with Crippen molar-refractivity contribution in [2.45, 2.75) is 0 Å². The van der Waals surface area contributed by atoms with Gasteiger partial charge in [-0.1, -0.05) is 36.3 Å². The number of hydrogen-bond donors (Lipinski definition) is 0. The average Bonchev–Trinajstić information content (AvgIpc) is 2.29. The van der Waals surface area contributed by atoms with Crippen LogP contribution in [0.25, 0.3) is 11.1 Å². The van der Waals surface area contributed by atoms with Crippen LogP contribution in [0, 0.1) is 24.0 Å². The van der Waals surface area contributed by atoms with Crippen LogP contribution in [0.2, 0.25) is 0 Å². The van der Waals surface area contributed by atoms with Gasteiger partial charge < -0.3 is 0 Å². The maximum atomic E-state index is 13.6. The lowest BCUT2D eigenvalue weighted by Crippen LogP contribution is -1.92. The molecule has 0 aliphatic carbocycles. The van der Waals surface area contributed by atoms with E-state index in [9.17, 15) is 8.78 Å². The standard InChI is InChI=1S/C14H8F2/c1-2-10-8-12(15)9-13(16)14(10)11-6-4-3-5-7-11/h1,3-9H. The van der Waals surface area contributed by atoms with Crippen molar-refractivity contribution >= 4 is 0 Å². The summed E-state index contributed by atoms with van der Waals surface area (Å²) < 4.78 is 26.6. The third kappa shape index (κ3) is 1.80. The van der Waals surface area contributed by atoms with Gasteiger partial charge in [0.2, 0.25) is 0 Å². The van der Waals surface area contributed by atoms with Gasteiger partial charge >= 0.3 is 0 Å². The third-order valence-electron chi connectivity index (χ3n) is 2.27. The molecule has 78 valence electrons. The van der Waals surface area contributed by atoms with E-state index in [-0.39, 0.29) is 11.1 Å². The monoisotopic (exact) mass is 214 g/mol. The topological polar surface area (TPSA) is 0 Å². The SMILES string of the molecule is C#Cc1cc(F)cc(F)c1-c1ccccc1. The van der Waals surface area contributed by atoms with E-state index in [1.54, 1.807) is 24.3 Å². The summed E-state index contributed by atoms with van der Waals surface area (Å²) in [5.74, 6) is 0.994. The fourth-order valence-corrected chi connectivity index (χ4v) is 1.59. The van der Waals surface area contributed by atoms with Gasteiger partial charge in [0.05, 0.1) is 0 Å². The molecule has 0 amide bonds. The highest BCUT2D eigenvalue weighted by Crippen LogP contribution is 2.27. The molecule has 2 aromatic carbocycles. The summed E-state index contributed by atoms with van der Waals surface area (Å²) in [5.41, 5.74) is 1.14. The van der Waals surface area contributed by atoms with Crippen molar-refractivity contribution in [1.82, 2.24) is 0 Å². The van der Waals surface area contributed by atoms with Gasteiger partial charge in [0.15, 0.2) is 0 Å². The Labute approximate surface area is 92.5 Å². The number of terminal acetylenes is 1. The molecule has 16 heavy (non-hydrogen) atoms. The maximum absolute atomic E-state index is 13.6. The van der Waals surface area contributed by atoms with Crippen LogP contribution in [-0.2, 0) is 0 Å². The Bertz CT molecular complexity index is 551. The normalized spacial score (nSPS) is 9.81. The Kier molecular flexibility index (Phi) is 2.70. The second-order valence-corrected chi connectivity index (χ2v) is 3.32. The van der Waals surface area contributed by atoms with Gasteiger partial charge in [0, 0.05) is 17.2 Å². The number of halogens is 2. The van der Waals surface area contributed by atoms with E-state index in [0.717, 1.165) is 12.1 Å². The van der Waals surface area contributed by atoms with Crippen molar-refractivity contribution in [1.29, 1.82) is 0 Å². The molecule has 2 heteroatoms. The second kappa shape index (κ2) is 4.16. The maximum Gasteiger partial charge on any atom is 0.135 e. The molecular formula is C14H8F2. The zero-order chi connectivity index (χ0) is 11.5. The minimum absolute atomic E-state index is 0.226. The zero-order valence-corrected chi connectivity index (χ0v) is 8.37. The van der Waals surface area contributed by atoms with Crippen molar-refractivity contribution in [2.75, 3.05) is 0 Å². The molecule has 0 saturated carbocycles. The number of benzene rings is 2. The van der Waals surface area contributed by atoms with Crippen LogP contribution < -0.4 is 0 Å². The van der Waals surface area contributed by atoms with Crippen molar-refractivity contribution < 1.29 is 8.78 Å². The fourth-order valence-electron chi connectivity index (χ4n) is 1.59. The molecular weight excluding hydrogens is 206 g/mol. The molecule has 0 aliphatic heterocycles. The lowest BCUT2D eigenvalue weighted by atomic mass is 9.99. The average molecular weight is 214 g/mol. The van der Waals surface area contributed by atoms with Crippen LogP contribution in [0.1, 0.15) is 5.56 Å². The molecule has 0 atom stereocenters. The highest BCUT2D eigenvalue weighted by molar-refractivity contribution is 5.71. The number of hydrogen-bond acceptors (Lipinski definition) is 0. The molecule has 0 radical (unpaired) electrons. The van der Waals surface area contributed by atoms with Crippen LogP contribution in [0.3, 0.4) is 0 Å². The Morgan fingerprint density at radius 3 is 2.31 bits per heavy atom. The minimum atomic E-state index is -0.662. The van der Waals surface area contributed by atoms with Gasteiger partial charge in [0.25, 0.3) is 0 Å². The fraction of sp³-hybridized carbons (Fsp3) is 0. The molecule has 0 aliphatic rings. The van der Waals surface area contributed by atoms with Crippen LogP contribution >= 0.6 is 0 Å². The van der Waals surface area contributed by atoms with Gasteiger partial charge in [0.1, 0.15) is 11.6 Å². The molecule has 2 rings (SSSR count). The summed E-state index contributed by atoms with van der Waals surface area (Å²) in [5, 5.41) is 0. The van der Waals surface area contributed by atoms with Gasteiger partial charge in [-0.3, -0.25) is 0 Å². The van der Waals surface area contributed by atoms with Gasteiger partial charge in [-0.05, 0) is 11.6 Å². The summed E-state index contributed by atoms with van der Waals surface area (Å²) in [4.78, 5) is 0. The molecule has 0 spiro atoms. The van der Waals surface area contributed by atoms with E-state index >= 15 is 0 Å². The summed E-state index contributed by atoms with van der Waals surface area (Å²) in [7, 11) is 0. The van der Waals surface area contributed by atoms with Crippen molar-refractivity contribution in [3.63, 3.8) is 0 Å². The summed E-state index contributed by atoms with van der Waals surface area (Å²) in [6.45, 7) is 0. The molecule has 0 N–H and O–H groups in total. The van der Waals surface area contributed by atoms with Crippen LogP contribution in [0.15, 0.2) is 42.5 Å². The van der Waals surface area contributed by atoms with E-state index in [1.807, 2.05) is 6.07 Å². The van der Waals surface area contributed by atoms with Crippen molar-refractivity contribution in [3.8, 4) is 23.5 Å². The third-order valence-corrected chi connectivity index (χ3v) is 2.27. The second-order valence-electron chi connectivity index (χ2n) is 3.32. The quantitative estimate of drug-likeness (QED) is 0.636. The molecule has 2 aromatic rings. The highest BCUT2D eigenvalue weighted by atomic mass is 19.1. The largest absolute Gasteiger partial charge is 0.207 e. The predicted octanol–water partition coefficient (Wildman–Crippen LogP) is 3.61. The van der Waals surface area contributed by atoms with Gasteiger partial charge in [-0.25, -0.2) is 8.78 Å². The van der Waals surface area contributed by atoms with Crippen LogP contribution in [0.4, 0.5) is 8.78 Å². The molecule has 0 nitrogen and oxygen atoms in total. The first kappa shape index (κ1) is 10.4. The van der Waals surface area contributed by atoms with E-state index in [4.69, 9.17) is 6.42 Å². The van der Waals surface area contributed by atoms with E-state index in [0.29, 0.717) is 5.56 Å². The minimum Gasteiger partial charge on any atom is -0.207 e. The van der Waals surface area contributed by atoms with Gasteiger partial charge in [-0.15, -0.1) is 6.42 Å². The molecule has 0 saturated heterocycles. The lowest BCUT2D eigenvalue weighted by Gasteiger charge is -2.06. The Balaban J connectivity index is 2.71.